The summed E-state index contributed by atoms with van der Waals surface area (Å²) in [5.41, 5.74) is 3.25. The molecule has 0 atom stereocenters. The Kier molecular flexibility index (Phi) is 6.30. The summed E-state index contributed by atoms with van der Waals surface area (Å²) < 4.78 is 5.89. The predicted octanol–water partition coefficient (Wildman–Crippen LogP) is 3.84. The van der Waals surface area contributed by atoms with Crippen LogP contribution in [0.4, 0.5) is 5.82 Å². The van der Waals surface area contributed by atoms with E-state index < -0.39 is 0 Å². The average molecular weight is 420 g/mol. The number of carbonyl (C=O) groups is 1. The van der Waals surface area contributed by atoms with Crippen LogP contribution in [0.2, 0.25) is 0 Å². The van der Waals surface area contributed by atoms with Crippen LogP contribution in [0.15, 0.2) is 47.3 Å². The number of hydrogen-bond donors (Lipinski definition) is 0. The fraction of sp³-hybridized carbons (Fsp3) is 0.417. The Morgan fingerprint density at radius 3 is 2.48 bits per heavy atom. The van der Waals surface area contributed by atoms with E-state index in [0.717, 1.165) is 35.9 Å². The molecule has 1 aliphatic rings. The molecule has 7 heteroatoms. The Bertz CT molecular complexity index is 1020. The van der Waals surface area contributed by atoms with Gasteiger partial charge in [0.1, 0.15) is 12.1 Å². The van der Waals surface area contributed by atoms with Crippen LogP contribution < -0.4 is 4.90 Å². The molecule has 4 rings (SSSR count). The Labute approximate surface area is 183 Å². The Morgan fingerprint density at radius 1 is 1.06 bits per heavy atom. The number of benzene rings is 1. The quantitative estimate of drug-likeness (QED) is 0.604. The van der Waals surface area contributed by atoms with Crippen molar-refractivity contribution < 1.29 is 9.21 Å². The second-order valence-electron chi connectivity index (χ2n) is 8.28. The van der Waals surface area contributed by atoms with Gasteiger partial charge in [0, 0.05) is 56.3 Å². The third-order valence-corrected chi connectivity index (χ3v) is 5.71. The summed E-state index contributed by atoms with van der Waals surface area (Å²) in [7, 11) is 0. The van der Waals surface area contributed by atoms with Crippen LogP contribution in [0.1, 0.15) is 43.3 Å². The molecule has 0 aliphatic carbocycles. The summed E-state index contributed by atoms with van der Waals surface area (Å²) in [5.74, 6) is 2.91. The largest absolute Gasteiger partial charge is 0.441 e. The van der Waals surface area contributed by atoms with Crippen LogP contribution in [0, 0.1) is 6.92 Å². The van der Waals surface area contributed by atoms with Gasteiger partial charge in [0.25, 0.3) is 0 Å². The Balaban J connectivity index is 1.28. The molecule has 2 aromatic heterocycles. The third-order valence-electron chi connectivity index (χ3n) is 5.71. The Hall–Kier alpha value is -3.22. The number of rotatable bonds is 6. The fourth-order valence-electron chi connectivity index (χ4n) is 3.76. The molecule has 0 N–H and O–H groups in total. The summed E-state index contributed by atoms with van der Waals surface area (Å²) in [6.45, 7) is 9.25. The second kappa shape index (κ2) is 9.29. The van der Waals surface area contributed by atoms with Crippen LogP contribution in [0.25, 0.3) is 11.3 Å². The lowest BCUT2D eigenvalue weighted by Gasteiger charge is -2.35. The highest BCUT2D eigenvalue weighted by Gasteiger charge is 2.22. The van der Waals surface area contributed by atoms with Gasteiger partial charge in [-0.25, -0.2) is 15.0 Å². The van der Waals surface area contributed by atoms with E-state index in [1.165, 1.54) is 5.56 Å². The molecule has 1 aromatic carbocycles. The first-order chi connectivity index (χ1) is 15.0. The number of amides is 1. The second-order valence-corrected chi connectivity index (χ2v) is 8.28. The molecule has 0 radical (unpaired) electrons. The van der Waals surface area contributed by atoms with Gasteiger partial charge in [-0.05, 0) is 18.4 Å². The Morgan fingerprint density at radius 2 is 1.81 bits per heavy atom. The lowest BCUT2D eigenvalue weighted by Crippen LogP contribution is -2.49. The van der Waals surface area contributed by atoms with E-state index >= 15 is 0 Å². The molecule has 162 valence electrons. The molecule has 7 nitrogen and oxygen atoms in total. The molecule has 0 saturated carbocycles. The standard InChI is InChI=1S/C24H29N5O2/c1-17(2)19-4-6-20(7-5-19)21-15-25-23(31-21)8-9-24(30)29-12-10-28(11-13-29)22-14-18(3)26-16-27-22/h4-7,14-17H,8-13H2,1-3H3. The van der Waals surface area contributed by atoms with Gasteiger partial charge in [0.05, 0.1) is 6.20 Å². The number of hydrogen-bond acceptors (Lipinski definition) is 6. The number of oxazole rings is 1. The van der Waals surface area contributed by atoms with Crippen molar-refractivity contribution in [2.75, 3.05) is 31.1 Å². The van der Waals surface area contributed by atoms with Crippen LogP contribution >= 0.6 is 0 Å². The summed E-state index contributed by atoms with van der Waals surface area (Å²) in [5, 5.41) is 0. The topological polar surface area (TPSA) is 75.4 Å². The smallest absolute Gasteiger partial charge is 0.223 e. The monoisotopic (exact) mass is 419 g/mol. The van der Waals surface area contributed by atoms with Crippen LogP contribution in [-0.2, 0) is 11.2 Å². The molecule has 3 heterocycles. The highest BCUT2D eigenvalue weighted by atomic mass is 16.4. The van der Waals surface area contributed by atoms with Gasteiger partial charge in [-0.2, -0.15) is 0 Å². The van der Waals surface area contributed by atoms with Crippen molar-refractivity contribution in [1.29, 1.82) is 0 Å². The highest BCUT2D eigenvalue weighted by molar-refractivity contribution is 5.76. The number of anilines is 1. The number of aryl methyl sites for hydroxylation is 2. The minimum Gasteiger partial charge on any atom is -0.441 e. The van der Waals surface area contributed by atoms with Gasteiger partial charge in [0.2, 0.25) is 5.91 Å². The molecule has 1 aliphatic heterocycles. The molecule has 0 bridgehead atoms. The van der Waals surface area contributed by atoms with Crippen molar-refractivity contribution >= 4 is 11.7 Å². The first-order valence-corrected chi connectivity index (χ1v) is 10.9. The highest BCUT2D eigenvalue weighted by Crippen LogP contribution is 2.24. The van der Waals surface area contributed by atoms with Crippen molar-refractivity contribution in [2.24, 2.45) is 0 Å². The van der Waals surface area contributed by atoms with E-state index in [4.69, 9.17) is 4.42 Å². The summed E-state index contributed by atoms with van der Waals surface area (Å²) in [6.07, 6.45) is 4.24. The molecule has 0 spiro atoms. The summed E-state index contributed by atoms with van der Waals surface area (Å²) >= 11 is 0. The van der Waals surface area contributed by atoms with Gasteiger partial charge in [-0.1, -0.05) is 38.1 Å². The molecular weight excluding hydrogens is 390 g/mol. The molecule has 0 unspecified atom stereocenters. The zero-order chi connectivity index (χ0) is 21.8. The molecule has 1 fully saturated rings. The van der Waals surface area contributed by atoms with Crippen LogP contribution in [-0.4, -0.2) is 51.9 Å². The number of aromatic nitrogens is 3. The van der Waals surface area contributed by atoms with Gasteiger partial charge >= 0.3 is 0 Å². The number of carbonyl (C=O) groups excluding carboxylic acids is 1. The van der Waals surface area contributed by atoms with Crippen LogP contribution in [0.5, 0.6) is 0 Å². The van der Waals surface area contributed by atoms with Crippen molar-refractivity contribution in [3.05, 3.63) is 60.0 Å². The molecule has 1 amide bonds. The van der Waals surface area contributed by atoms with Crippen molar-refractivity contribution in [2.45, 2.75) is 39.5 Å². The third kappa shape index (κ3) is 5.10. The maximum Gasteiger partial charge on any atom is 0.223 e. The van der Waals surface area contributed by atoms with E-state index in [-0.39, 0.29) is 5.91 Å². The fourth-order valence-corrected chi connectivity index (χ4v) is 3.76. The maximum atomic E-state index is 12.7. The van der Waals surface area contributed by atoms with Crippen molar-refractivity contribution in [1.82, 2.24) is 19.9 Å². The summed E-state index contributed by atoms with van der Waals surface area (Å²) in [6, 6.07) is 10.3. The normalized spacial score (nSPS) is 14.3. The van der Waals surface area contributed by atoms with Gasteiger partial charge in [0.15, 0.2) is 11.7 Å². The molecule has 1 saturated heterocycles. The molecule has 31 heavy (non-hydrogen) atoms. The minimum atomic E-state index is 0.138. The first kappa shape index (κ1) is 21.0. The maximum absolute atomic E-state index is 12.7. The minimum absolute atomic E-state index is 0.138. The van der Waals surface area contributed by atoms with Crippen molar-refractivity contribution in [3.8, 4) is 11.3 Å². The van der Waals surface area contributed by atoms with E-state index in [2.05, 4.69) is 58.0 Å². The molecular formula is C24H29N5O2. The lowest BCUT2D eigenvalue weighted by molar-refractivity contribution is -0.131. The number of nitrogens with zero attached hydrogens (tertiary/aromatic N) is 5. The first-order valence-electron chi connectivity index (χ1n) is 10.9. The van der Waals surface area contributed by atoms with Crippen LogP contribution in [0.3, 0.4) is 0 Å². The zero-order valence-electron chi connectivity index (χ0n) is 18.4. The van der Waals surface area contributed by atoms with E-state index in [1.54, 1.807) is 12.5 Å². The predicted molar refractivity (Wildman–Crippen MR) is 120 cm³/mol. The van der Waals surface area contributed by atoms with Gasteiger partial charge in [-0.15, -0.1) is 0 Å². The van der Waals surface area contributed by atoms with E-state index in [0.29, 0.717) is 37.7 Å². The zero-order valence-corrected chi connectivity index (χ0v) is 18.4. The SMILES string of the molecule is Cc1cc(N2CCN(C(=O)CCc3ncc(-c4ccc(C(C)C)cc4)o3)CC2)ncn1. The number of piperazine rings is 1. The van der Waals surface area contributed by atoms with E-state index in [9.17, 15) is 4.79 Å². The lowest BCUT2D eigenvalue weighted by atomic mass is 10.0. The van der Waals surface area contributed by atoms with Gasteiger partial charge < -0.3 is 14.2 Å². The van der Waals surface area contributed by atoms with E-state index in [1.807, 2.05) is 17.9 Å². The summed E-state index contributed by atoms with van der Waals surface area (Å²) in [4.78, 5) is 29.6. The van der Waals surface area contributed by atoms with Crippen molar-refractivity contribution in [3.63, 3.8) is 0 Å². The average Bonchev–Trinajstić information content (AvgIpc) is 3.27. The van der Waals surface area contributed by atoms with Gasteiger partial charge in [-0.3, -0.25) is 4.79 Å². The molecule has 3 aromatic rings.